The third-order valence-electron chi connectivity index (χ3n) is 3.92. The van der Waals surface area contributed by atoms with Crippen molar-refractivity contribution in [3.05, 3.63) is 71.9 Å². The second-order valence-electron chi connectivity index (χ2n) is 5.82. The zero-order valence-electron chi connectivity index (χ0n) is 14.8. The number of benzene rings is 1. The molecule has 0 unspecified atom stereocenters. The fourth-order valence-electron chi connectivity index (χ4n) is 2.54. The highest BCUT2D eigenvalue weighted by atomic mass is 16.5. The van der Waals surface area contributed by atoms with Crippen LogP contribution in [0.5, 0.6) is 5.88 Å². The van der Waals surface area contributed by atoms with Gasteiger partial charge in [-0.15, -0.1) is 0 Å². The molecule has 0 radical (unpaired) electrons. The number of methoxy groups -OCH3 is 1. The van der Waals surface area contributed by atoms with Crippen molar-refractivity contribution in [2.45, 2.75) is 20.0 Å². The van der Waals surface area contributed by atoms with E-state index < -0.39 is 0 Å². The average molecular weight is 351 g/mol. The first kappa shape index (κ1) is 17.5. The first-order valence-electron chi connectivity index (χ1n) is 8.24. The van der Waals surface area contributed by atoms with Crippen LogP contribution in [0.2, 0.25) is 0 Å². The molecule has 134 valence electrons. The Morgan fingerprint density at radius 1 is 1.19 bits per heavy atom. The summed E-state index contributed by atoms with van der Waals surface area (Å²) in [5.74, 6) is 1.47. The molecule has 0 bridgehead atoms. The Bertz CT molecular complexity index is 874. The topological polar surface area (TPSA) is 81.1 Å². The molecule has 26 heavy (non-hydrogen) atoms. The van der Waals surface area contributed by atoms with Gasteiger partial charge in [0.1, 0.15) is 5.82 Å². The maximum atomic E-state index is 12.0. The molecule has 2 heterocycles. The molecule has 0 spiro atoms. The van der Waals surface area contributed by atoms with Gasteiger partial charge in [-0.25, -0.2) is 14.8 Å². The second-order valence-corrected chi connectivity index (χ2v) is 5.82. The lowest BCUT2D eigenvalue weighted by molar-refractivity contribution is 0.251. The SMILES string of the molecule is COc1ccc(NC(=O)NCc2cccc(Cn3ccnc3C)c2)cn1. The molecule has 7 heteroatoms. The van der Waals surface area contributed by atoms with Crippen LogP contribution < -0.4 is 15.4 Å². The van der Waals surface area contributed by atoms with Crippen LogP contribution in [0.15, 0.2) is 55.0 Å². The lowest BCUT2D eigenvalue weighted by atomic mass is 10.1. The Balaban J connectivity index is 1.54. The standard InChI is InChI=1S/C19H21N5O2/c1-14-20-8-9-24(14)13-16-5-3-4-15(10-16)11-22-19(25)23-17-6-7-18(26-2)21-12-17/h3-10,12H,11,13H2,1-2H3,(H2,22,23,25). The molecule has 3 rings (SSSR count). The molecule has 0 fully saturated rings. The number of urea groups is 1. The zero-order chi connectivity index (χ0) is 18.4. The van der Waals surface area contributed by atoms with Gasteiger partial charge in [-0.1, -0.05) is 24.3 Å². The number of rotatable bonds is 6. The summed E-state index contributed by atoms with van der Waals surface area (Å²) >= 11 is 0. The summed E-state index contributed by atoms with van der Waals surface area (Å²) in [6.07, 6.45) is 5.29. The lowest BCUT2D eigenvalue weighted by Crippen LogP contribution is -2.28. The third kappa shape index (κ3) is 4.60. The molecule has 1 aromatic carbocycles. The van der Waals surface area contributed by atoms with Crippen molar-refractivity contribution >= 4 is 11.7 Å². The Morgan fingerprint density at radius 2 is 2.04 bits per heavy atom. The van der Waals surface area contributed by atoms with Gasteiger partial charge in [0.05, 0.1) is 19.0 Å². The molecule has 2 amide bonds. The van der Waals surface area contributed by atoms with E-state index in [1.807, 2.05) is 25.3 Å². The van der Waals surface area contributed by atoms with E-state index in [-0.39, 0.29) is 6.03 Å². The minimum Gasteiger partial charge on any atom is -0.481 e. The van der Waals surface area contributed by atoms with Gasteiger partial charge in [-0.05, 0) is 24.1 Å². The molecule has 3 aromatic rings. The van der Waals surface area contributed by atoms with Crippen LogP contribution in [-0.4, -0.2) is 27.7 Å². The van der Waals surface area contributed by atoms with Crippen LogP contribution in [0.3, 0.4) is 0 Å². The van der Waals surface area contributed by atoms with Crippen molar-refractivity contribution in [1.82, 2.24) is 19.9 Å². The van der Waals surface area contributed by atoms with Gasteiger partial charge < -0.3 is 19.9 Å². The Kier molecular flexibility index (Phi) is 5.48. The number of ether oxygens (including phenoxy) is 1. The molecule has 0 saturated heterocycles. The number of hydrogen-bond donors (Lipinski definition) is 2. The van der Waals surface area contributed by atoms with E-state index in [2.05, 4.69) is 37.3 Å². The van der Waals surface area contributed by atoms with E-state index in [0.717, 1.165) is 23.5 Å². The summed E-state index contributed by atoms with van der Waals surface area (Å²) in [7, 11) is 1.55. The molecule has 7 nitrogen and oxygen atoms in total. The van der Waals surface area contributed by atoms with Crippen molar-refractivity contribution in [2.75, 3.05) is 12.4 Å². The molecule has 0 saturated carbocycles. The van der Waals surface area contributed by atoms with Crippen molar-refractivity contribution in [2.24, 2.45) is 0 Å². The number of imidazole rings is 1. The number of pyridine rings is 1. The van der Waals surface area contributed by atoms with Crippen LogP contribution >= 0.6 is 0 Å². The minimum absolute atomic E-state index is 0.284. The number of amides is 2. The van der Waals surface area contributed by atoms with Gasteiger partial charge in [0.2, 0.25) is 5.88 Å². The first-order valence-corrected chi connectivity index (χ1v) is 8.24. The Morgan fingerprint density at radius 3 is 2.73 bits per heavy atom. The van der Waals surface area contributed by atoms with Crippen LogP contribution in [0, 0.1) is 6.92 Å². The number of anilines is 1. The fourth-order valence-corrected chi connectivity index (χ4v) is 2.54. The molecule has 2 aromatic heterocycles. The van der Waals surface area contributed by atoms with Crippen molar-refractivity contribution in [3.8, 4) is 5.88 Å². The highest BCUT2D eigenvalue weighted by Gasteiger charge is 2.04. The summed E-state index contributed by atoms with van der Waals surface area (Å²) < 4.78 is 7.07. The maximum Gasteiger partial charge on any atom is 0.319 e. The van der Waals surface area contributed by atoms with Gasteiger partial charge in [-0.2, -0.15) is 0 Å². The van der Waals surface area contributed by atoms with Crippen molar-refractivity contribution in [3.63, 3.8) is 0 Å². The van der Waals surface area contributed by atoms with E-state index in [0.29, 0.717) is 18.1 Å². The summed E-state index contributed by atoms with van der Waals surface area (Å²) in [6.45, 7) is 3.17. The Hall–Kier alpha value is -3.35. The third-order valence-corrected chi connectivity index (χ3v) is 3.92. The van der Waals surface area contributed by atoms with Gasteiger partial charge in [0, 0.05) is 31.5 Å². The first-order chi connectivity index (χ1) is 12.6. The highest BCUT2D eigenvalue weighted by molar-refractivity contribution is 5.88. The largest absolute Gasteiger partial charge is 0.481 e. The number of hydrogen-bond acceptors (Lipinski definition) is 4. The number of carbonyl (C=O) groups is 1. The lowest BCUT2D eigenvalue weighted by Gasteiger charge is -2.10. The fraction of sp³-hybridized carbons (Fsp3) is 0.211. The molecule has 2 N–H and O–H groups in total. The molecule has 0 aliphatic carbocycles. The molecule has 0 aliphatic rings. The van der Waals surface area contributed by atoms with E-state index in [4.69, 9.17) is 4.74 Å². The van der Waals surface area contributed by atoms with Crippen LogP contribution in [-0.2, 0) is 13.1 Å². The number of nitrogens with zero attached hydrogens (tertiary/aromatic N) is 3. The molecular weight excluding hydrogens is 330 g/mol. The number of carbonyl (C=O) groups excluding carboxylic acids is 1. The van der Waals surface area contributed by atoms with E-state index in [9.17, 15) is 4.79 Å². The maximum absolute atomic E-state index is 12.0. The molecular formula is C19H21N5O2. The monoisotopic (exact) mass is 351 g/mol. The number of nitrogens with one attached hydrogen (secondary N) is 2. The van der Waals surface area contributed by atoms with Gasteiger partial charge in [0.15, 0.2) is 0 Å². The average Bonchev–Trinajstić information content (AvgIpc) is 3.06. The van der Waals surface area contributed by atoms with Gasteiger partial charge in [0.25, 0.3) is 0 Å². The smallest absolute Gasteiger partial charge is 0.319 e. The summed E-state index contributed by atoms with van der Waals surface area (Å²) in [5.41, 5.74) is 2.79. The summed E-state index contributed by atoms with van der Waals surface area (Å²) in [6, 6.07) is 11.3. The van der Waals surface area contributed by atoms with Crippen molar-refractivity contribution < 1.29 is 9.53 Å². The van der Waals surface area contributed by atoms with Crippen LogP contribution in [0.1, 0.15) is 17.0 Å². The van der Waals surface area contributed by atoms with Gasteiger partial charge in [-0.3, -0.25) is 0 Å². The molecule has 0 aliphatic heterocycles. The second kappa shape index (κ2) is 8.15. The minimum atomic E-state index is -0.284. The normalized spacial score (nSPS) is 10.4. The van der Waals surface area contributed by atoms with Crippen LogP contribution in [0.4, 0.5) is 10.5 Å². The molecule has 0 atom stereocenters. The van der Waals surface area contributed by atoms with Crippen molar-refractivity contribution in [1.29, 1.82) is 0 Å². The summed E-state index contributed by atoms with van der Waals surface area (Å²) in [5, 5.41) is 5.59. The van der Waals surface area contributed by atoms with E-state index in [1.165, 1.54) is 0 Å². The van der Waals surface area contributed by atoms with Gasteiger partial charge >= 0.3 is 6.03 Å². The predicted octanol–water partition coefficient (Wildman–Crippen LogP) is 2.97. The zero-order valence-corrected chi connectivity index (χ0v) is 14.8. The van der Waals surface area contributed by atoms with E-state index in [1.54, 1.807) is 31.6 Å². The Labute approximate surface area is 152 Å². The van der Waals surface area contributed by atoms with E-state index >= 15 is 0 Å². The summed E-state index contributed by atoms with van der Waals surface area (Å²) in [4.78, 5) is 20.3. The quantitative estimate of drug-likeness (QED) is 0.715. The number of aromatic nitrogens is 3. The van der Waals surface area contributed by atoms with Crippen LogP contribution in [0.25, 0.3) is 0 Å². The highest BCUT2D eigenvalue weighted by Crippen LogP contribution is 2.11. The number of aryl methyl sites for hydroxylation is 1. The predicted molar refractivity (Wildman–Crippen MR) is 99.2 cm³/mol.